The molecule has 1 N–H and O–H groups in total. The molecule has 0 spiro atoms. The average molecular weight is 286 g/mol. The zero-order chi connectivity index (χ0) is 14.0. The minimum absolute atomic E-state index is 0.143. The van der Waals surface area contributed by atoms with E-state index < -0.39 is 10.0 Å². The highest BCUT2D eigenvalue weighted by Crippen LogP contribution is 2.22. The molecule has 6 nitrogen and oxygen atoms in total. The number of imidazole rings is 1. The first-order valence-electron chi connectivity index (χ1n) is 6.66. The van der Waals surface area contributed by atoms with Crippen LogP contribution in [0.25, 0.3) is 0 Å². The standard InChI is InChI=1S/C12H22N4O2S/c1-4-13-11-5-6-16(7-10(11)2)19(17,18)12-8-15(3)9-14-12/h8-11,13H,4-7H2,1-3H3. The quantitative estimate of drug-likeness (QED) is 0.871. The van der Waals surface area contributed by atoms with Crippen LogP contribution in [-0.4, -0.2) is 48.0 Å². The minimum Gasteiger partial charge on any atom is -0.339 e. The molecule has 0 amide bonds. The highest BCUT2D eigenvalue weighted by molar-refractivity contribution is 7.89. The van der Waals surface area contributed by atoms with Gasteiger partial charge in [-0.15, -0.1) is 0 Å². The second kappa shape index (κ2) is 5.60. The lowest BCUT2D eigenvalue weighted by Crippen LogP contribution is -2.50. The van der Waals surface area contributed by atoms with E-state index in [0.717, 1.165) is 13.0 Å². The van der Waals surface area contributed by atoms with Crippen LogP contribution in [0.2, 0.25) is 0 Å². The zero-order valence-corrected chi connectivity index (χ0v) is 12.5. The van der Waals surface area contributed by atoms with Gasteiger partial charge in [0, 0.05) is 32.4 Å². The third-order valence-corrected chi connectivity index (χ3v) is 5.37. The van der Waals surface area contributed by atoms with Crippen LogP contribution < -0.4 is 5.32 Å². The molecule has 19 heavy (non-hydrogen) atoms. The summed E-state index contributed by atoms with van der Waals surface area (Å²) in [4.78, 5) is 3.96. The fourth-order valence-electron chi connectivity index (χ4n) is 2.55. The molecule has 0 saturated carbocycles. The Labute approximate surface area is 114 Å². The lowest BCUT2D eigenvalue weighted by atomic mass is 9.95. The number of aromatic nitrogens is 2. The van der Waals surface area contributed by atoms with E-state index in [2.05, 4.69) is 24.1 Å². The molecule has 1 saturated heterocycles. The predicted molar refractivity (Wildman–Crippen MR) is 73.2 cm³/mol. The van der Waals surface area contributed by atoms with Gasteiger partial charge in [-0.05, 0) is 18.9 Å². The van der Waals surface area contributed by atoms with Crippen LogP contribution in [0.15, 0.2) is 17.6 Å². The number of nitrogens with zero attached hydrogens (tertiary/aromatic N) is 3. The Balaban J connectivity index is 2.11. The fourth-order valence-corrected chi connectivity index (χ4v) is 4.07. The van der Waals surface area contributed by atoms with E-state index in [0.29, 0.717) is 25.0 Å². The van der Waals surface area contributed by atoms with Crippen molar-refractivity contribution in [3.05, 3.63) is 12.5 Å². The molecule has 1 fully saturated rings. The summed E-state index contributed by atoms with van der Waals surface area (Å²) in [5.41, 5.74) is 0. The lowest BCUT2D eigenvalue weighted by Gasteiger charge is -2.36. The van der Waals surface area contributed by atoms with Gasteiger partial charge in [0.15, 0.2) is 5.03 Å². The number of rotatable bonds is 4. The maximum Gasteiger partial charge on any atom is 0.262 e. The highest BCUT2D eigenvalue weighted by Gasteiger charge is 2.34. The molecule has 2 heterocycles. The molecule has 1 aliphatic heterocycles. The van der Waals surface area contributed by atoms with Crippen LogP contribution in [0.4, 0.5) is 0 Å². The van der Waals surface area contributed by atoms with Gasteiger partial charge in [-0.3, -0.25) is 0 Å². The Morgan fingerprint density at radius 1 is 1.53 bits per heavy atom. The van der Waals surface area contributed by atoms with Crippen LogP contribution in [0.5, 0.6) is 0 Å². The summed E-state index contributed by atoms with van der Waals surface area (Å²) >= 11 is 0. The van der Waals surface area contributed by atoms with Crippen molar-refractivity contribution in [3.8, 4) is 0 Å². The summed E-state index contributed by atoms with van der Waals surface area (Å²) in [5, 5.41) is 3.55. The Morgan fingerprint density at radius 3 is 2.79 bits per heavy atom. The molecule has 0 radical (unpaired) electrons. The first kappa shape index (κ1) is 14.5. The van der Waals surface area contributed by atoms with Gasteiger partial charge in [0.05, 0.1) is 6.33 Å². The first-order chi connectivity index (χ1) is 8.95. The van der Waals surface area contributed by atoms with Crippen molar-refractivity contribution in [2.75, 3.05) is 19.6 Å². The third-order valence-electron chi connectivity index (χ3n) is 3.62. The maximum atomic E-state index is 12.4. The average Bonchev–Trinajstić information content (AvgIpc) is 2.79. The first-order valence-corrected chi connectivity index (χ1v) is 8.10. The summed E-state index contributed by atoms with van der Waals surface area (Å²) in [6.07, 6.45) is 3.92. The lowest BCUT2D eigenvalue weighted by molar-refractivity contribution is 0.222. The highest BCUT2D eigenvalue weighted by atomic mass is 32.2. The molecular formula is C12H22N4O2S. The predicted octanol–water partition coefficient (Wildman–Crippen LogP) is 0.429. The molecule has 2 unspecified atom stereocenters. The van der Waals surface area contributed by atoms with E-state index >= 15 is 0 Å². The van der Waals surface area contributed by atoms with Crippen molar-refractivity contribution in [3.63, 3.8) is 0 Å². The minimum atomic E-state index is -3.44. The van der Waals surface area contributed by atoms with Gasteiger partial charge in [-0.25, -0.2) is 13.4 Å². The molecule has 108 valence electrons. The van der Waals surface area contributed by atoms with E-state index in [1.807, 2.05) is 0 Å². The van der Waals surface area contributed by atoms with Gasteiger partial charge >= 0.3 is 0 Å². The molecule has 1 aromatic heterocycles. The second-order valence-electron chi connectivity index (χ2n) is 5.17. The smallest absolute Gasteiger partial charge is 0.262 e. The summed E-state index contributed by atoms with van der Waals surface area (Å²) < 4.78 is 28.1. The topological polar surface area (TPSA) is 67.2 Å². The van der Waals surface area contributed by atoms with Crippen molar-refractivity contribution in [1.82, 2.24) is 19.2 Å². The summed E-state index contributed by atoms with van der Waals surface area (Å²) in [7, 11) is -1.67. The van der Waals surface area contributed by atoms with Crippen molar-refractivity contribution in [2.24, 2.45) is 13.0 Å². The van der Waals surface area contributed by atoms with E-state index in [-0.39, 0.29) is 5.03 Å². The normalized spacial score (nSPS) is 25.6. The van der Waals surface area contributed by atoms with Crippen LogP contribution in [-0.2, 0) is 17.1 Å². The monoisotopic (exact) mass is 286 g/mol. The van der Waals surface area contributed by atoms with Crippen molar-refractivity contribution < 1.29 is 8.42 Å². The summed E-state index contributed by atoms with van der Waals surface area (Å²) in [5.74, 6) is 0.312. The number of nitrogens with one attached hydrogen (secondary N) is 1. The molecule has 7 heteroatoms. The van der Waals surface area contributed by atoms with Crippen LogP contribution in [0.1, 0.15) is 20.3 Å². The molecule has 0 aliphatic carbocycles. The molecular weight excluding hydrogens is 264 g/mol. The van der Waals surface area contributed by atoms with E-state index in [9.17, 15) is 8.42 Å². The second-order valence-corrected chi connectivity index (χ2v) is 7.06. The Kier molecular flexibility index (Phi) is 4.27. The van der Waals surface area contributed by atoms with Crippen molar-refractivity contribution >= 4 is 10.0 Å². The van der Waals surface area contributed by atoms with Crippen LogP contribution >= 0.6 is 0 Å². The van der Waals surface area contributed by atoms with Crippen molar-refractivity contribution in [2.45, 2.75) is 31.3 Å². The maximum absolute atomic E-state index is 12.4. The summed E-state index contributed by atoms with van der Waals surface area (Å²) in [6.45, 7) is 6.19. The van der Waals surface area contributed by atoms with Crippen molar-refractivity contribution in [1.29, 1.82) is 0 Å². The van der Waals surface area contributed by atoms with Gasteiger partial charge in [-0.1, -0.05) is 13.8 Å². The number of hydrogen-bond donors (Lipinski definition) is 1. The SMILES string of the molecule is CCNC1CCN(S(=O)(=O)c2cn(C)cn2)CC1C. The van der Waals surface area contributed by atoms with Gasteiger partial charge in [0.1, 0.15) is 0 Å². The van der Waals surface area contributed by atoms with Gasteiger partial charge in [0.25, 0.3) is 10.0 Å². The molecule has 0 aromatic carbocycles. The number of aryl methyl sites for hydroxylation is 1. The number of sulfonamides is 1. The summed E-state index contributed by atoms with van der Waals surface area (Å²) in [6, 6.07) is 0.403. The largest absolute Gasteiger partial charge is 0.339 e. The third kappa shape index (κ3) is 2.98. The van der Waals surface area contributed by atoms with E-state index in [4.69, 9.17) is 0 Å². The fraction of sp³-hybridized carbons (Fsp3) is 0.750. The molecule has 1 aliphatic rings. The Hall–Kier alpha value is -0.920. The Morgan fingerprint density at radius 2 is 2.26 bits per heavy atom. The molecule has 2 rings (SSSR count). The van der Waals surface area contributed by atoms with Crippen LogP contribution in [0, 0.1) is 5.92 Å². The molecule has 2 atom stereocenters. The number of hydrogen-bond acceptors (Lipinski definition) is 4. The zero-order valence-electron chi connectivity index (χ0n) is 11.7. The molecule has 0 bridgehead atoms. The Bertz CT molecular complexity index is 526. The van der Waals surface area contributed by atoms with Gasteiger partial charge in [-0.2, -0.15) is 4.31 Å². The van der Waals surface area contributed by atoms with Gasteiger partial charge < -0.3 is 9.88 Å². The molecule has 1 aromatic rings. The van der Waals surface area contributed by atoms with E-state index in [1.165, 1.54) is 6.33 Å². The number of piperidine rings is 1. The van der Waals surface area contributed by atoms with Crippen LogP contribution in [0.3, 0.4) is 0 Å². The van der Waals surface area contributed by atoms with Gasteiger partial charge in [0.2, 0.25) is 0 Å². The van der Waals surface area contributed by atoms with E-state index in [1.54, 1.807) is 22.1 Å².